The highest BCUT2D eigenvalue weighted by Crippen LogP contribution is 2.26. The van der Waals surface area contributed by atoms with Crippen molar-refractivity contribution in [2.45, 2.75) is 43.8 Å². The molecule has 0 saturated carbocycles. The molecule has 4 nitrogen and oxygen atoms in total. The summed E-state index contributed by atoms with van der Waals surface area (Å²) in [7, 11) is 0. The Labute approximate surface area is 97.2 Å². The van der Waals surface area contributed by atoms with E-state index < -0.39 is 11.2 Å². The number of piperidine rings is 1. The molecule has 0 bridgehead atoms. The summed E-state index contributed by atoms with van der Waals surface area (Å²) >= 11 is 0. The maximum Gasteiger partial charge on any atom is 0.0817 e. The third-order valence-electron chi connectivity index (χ3n) is 3.87. The van der Waals surface area contributed by atoms with Crippen molar-refractivity contribution < 1.29 is 14.9 Å². The lowest BCUT2D eigenvalue weighted by atomic mass is 9.90. The second-order valence-corrected chi connectivity index (χ2v) is 5.61. The molecule has 2 saturated heterocycles. The molecule has 0 aromatic rings. The molecule has 0 atom stereocenters. The quantitative estimate of drug-likeness (QED) is 0.718. The monoisotopic (exact) mass is 229 g/mol. The van der Waals surface area contributed by atoms with Crippen LogP contribution in [0.1, 0.15) is 32.6 Å². The van der Waals surface area contributed by atoms with Gasteiger partial charge in [0.2, 0.25) is 0 Å². The minimum absolute atomic E-state index is 0.505. The molecule has 0 unspecified atom stereocenters. The largest absolute Gasteiger partial charge is 0.390 e. The van der Waals surface area contributed by atoms with Crippen molar-refractivity contribution in [3.8, 4) is 0 Å². The summed E-state index contributed by atoms with van der Waals surface area (Å²) in [5.74, 6) is 0. The lowest BCUT2D eigenvalue weighted by Gasteiger charge is -2.41. The van der Waals surface area contributed by atoms with Crippen LogP contribution in [-0.2, 0) is 4.74 Å². The van der Waals surface area contributed by atoms with Gasteiger partial charge in [-0.1, -0.05) is 0 Å². The molecular weight excluding hydrogens is 206 g/mol. The molecule has 4 heteroatoms. The van der Waals surface area contributed by atoms with Crippen molar-refractivity contribution in [1.29, 1.82) is 0 Å². The summed E-state index contributed by atoms with van der Waals surface area (Å²) < 4.78 is 5.27. The van der Waals surface area contributed by atoms with E-state index in [1.807, 2.05) is 6.92 Å². The summed E-state index contributed by atoms with van der Waals surface area (Å²) in [6.07, 6.45) is 3.08. The van der Waals surface area contributed by atoms with Crippen molar-refractivity contribution in [3.05, 3.63) is 0 Å². The molecule has 0 radical (unpaired) electrons. The first-order chi connectivity index (χ1) is 7.49. The van der Waals surface area contributed by atoms with Gasteiger partial charge in [0.25, 0.3) is 0 Å². The third-order valence-corrected chi connectivity index (χ3v) is 3.87. The van der Waals surface area contributed by atoms with Crippen LogP contribution in [0.2, 0.25) is 0 Å². The topological polar surface area (TPSA) is 52.9 Å². The van der Waals surface area contributed by atoms with E-state index in [1.165, 1.54) is 0 Å². The van der Waals surface area contributed by atoms with E-state index in [-0.39, 0.29) is 0 Å². The Kier molecular flexibility index (Phi) is 3.54. The van der Waals surface area contributed by atoms with Gasteiger partial charge in [-0.3, -0.25) is 0 Å². The highest BCUT2D eigenvalue weighted by Gasteiger charge is 2.35. The molecule has 0 amide bonds. The second-order valence-electron chi connectivity index (χ2n) is 5.61. The second kappa shape index (κ2) is 4.61. The number of β-amino-alcohol motifs (C(OH)–C–C–N with tert-alkyl or cyclic N) is 1. The number of rotatable bonds is 2. The van der Waals surface area contributed by atoms with Gasteiger partial charge in [0, 0.05) is 45.7 Å². The van der Waals surface area contributed by atoms with Crippen LogP contribution in [0.25, 0.3) is 0 Å². The van der Waals surface area contributed by atoms with E-state index in [2.05, 4.69) is 4.90 Å². The summed E-state index contributed by atoms with van der Waals surface area (Å²) in [4.78, 5) is 2.27. The fourth-order valence-electron chi connectivity index (χ4n) is 2.52. The van der Waals surface area contributed by atoms with Crippen LogP contribution < -0.4 is 0 Å². The molecule has 16 heavy (non-hydrogen) atoms. The van der Waals surface area contributed by atoms with Gasteiger partial charge in [-0.15, -0.1) is 0 Å². The minimum atomic E-state index is -0.568. The lowest BCUT2D eigenvalue weighted by molar-refractivity contribution is -0.0919. The predicted octanol–water partition coefficient (Wildman–Crippen LogP) is 0.375. The molecule has 0 aliphatic carbocycles. The van der Waals surface area contributed by atoms with E-state index in [0.29, 0.717) is 13.2 Å². The van der Waals surface area contributed by atoms with Crippen molar-refractivity contribution >= 4 is 0 Å². The fraction of sp³-hybridized carbons (Fsp3) is 1.00. The van der Waals surface area contributed by atoms with E-state index in [0.717, 1.165) is 45.3 Å². The molecular formula is C12H23NO3. The Morgan fingerprint density at radius 2 is 1.62 bits per heavy atom. The molecule has 2 N–H and O–H groups in total. The first-order valence-corrected chi connectivity index (χ1v) is 6.24. The molecule has 94 valence electrons. The molecule has 2 rings (SSSR count). The number of ether oxygens (including phenoxy) is 1. The van der Waals surface area contributed by atoms with Crippen LogP contribution in [0.4, 0.5) is 0 Å². The van der Waals surface area contributed by atoms with Gasteiger partial charge < -0.3 is 19.8 Å². The van der Waals surface area contributed by atoms with Crippen LogP contribution in [0.5, 0.6) is 0 Å². The molecule has 2 heterocycles. The first kappa shape index (κ1) is 12.3. The smallest absolute Gasteiger partial charge is 0.0817 e. The Hall–Kier alpha value is -0.160. The molecule has 0 aromatic heterocycles. The first-order valence-electron chi connectivity index (χ1n) is 6.24. The maximum atomic E-state index is 10.4. The van der Waals surface area contributed by atoms with Crippen molar-refractivity contribution in [2.75, 3.05) is 32.8 Å². The van der Waals surface area contributed by atoms with Crippen LogP contribution in [0, 0.1) is 0 Å². The molecule has 2 aliphatic heterocycles. The number of nitrogens with zero attached hydrogens (tertiary/aromatic N) is 1. The van der Waals surface area contributed by atoms with Gasteiger partial charge in [-0.05, 0) is 19.8 Å². The lowest BCUT2D eigenvalue weighted by Crippen LogP contribution is -2.51. The van der Waals surface area contributed by atoms with Crippen molar-refractivity contribution in [3.63, 3.8) is 0 Å². The molecule has 0 spiro atoms. The van der Waals surface area contributed by atoms with Gasteiger partial charge in [0.05, 0.1) is 11.2 Å². The highest BCUT2D eigenvalue weighted by molar-refractivity contribution is 4.88. The average Bonchev–Trinajstić information content (AvgIpc) is 2.22. The van der Waals surface area contributed by atoms with E-state index in [1.54, 1.807) is 0 Å². The minimum Gasteiger partial charge on any atom is -0.390 e. The Morgan fingerprint density at radius 1 is 1.06 bits per heavy atom. The number of hydrogen-bond donors (Lipinski definition) is 2. The average molecular weight is 229 g/mol. The summed E-state index contributed by atoms with van der Waals surface area (Å²) in [6, 6.07) is 0. The van der Waals surface area contributed by atoms with Gasteiger partial charge in [-0.25, -0.2) is 0 Å². The predicted molar refractivity (Wildman–Crippen MR) is 61.3 cm³/mol. The van der Waals surface area contributed by atoms with E-state index in [9.17, 15) is 10.2 Å². The summed E-state index contributed by atoms with van der Waals surface area (Å²) in [5.41, 5.74) is -1.07. The zero-order valence-electron chi connectivity index (χ0n) is 10.1. The van der Waals surface area contributed by atoms with Gasteiger partial charge in [0.1, 0.15) is 0 Å². The Morgan fingerprint density at radius 3 is 2.19 bits per heavy atom. The Balaban J connectivity index is 1.81. The highest BCUT2D eigenvalue weighted by atomic mass is 16.5. The SMILES string of the molecule is CC1(O)CCN(CC2(O)CCOCC2)CC1. The molecule has 0 aromatic carbocycles. The summed E-state index contributed by atoms with van der Waals surface area (Å²) in [6.45, 7) is 5.73. The number of hydrogen-bond acceptors (Lipinski definition) is 4. The Bertz CT molecular complexity index is 226. The van der Waals surface area contributed by atoms with Gasteiger partial charge in [0.15, 0.2) is 0 Å². The van der Waals surface area contributed by atoms with E-state index >= 15 is 0 Å². The normalized spacial score (nSPS) is 30.2. The third kappa shape index (κ3) is 3.17. The zero-order chi connectivity index (χ0) is 11.6. The van der Waals surface area contributed by atoms with Crippen molar-refractivity contribution in [2.24, 2.45) is 0 Å². The number of likely N-dealkylation sites (tertiary alicyclic amines) is 1. The van der Waals surface area contributed by atoms with E-state index in [4.69, 9.17) is 4.74 Å². The maximum absolute atomic E-state index is 10.4. The zero-order valence-corrected chi connectivity index (χ0v) is 10.1. The number of aliphatic hydroxyl groups is 2. The van der Waals surface area contributed by atoms with Gasteiger partial charge >= 0.3 is 0 Å². The molecule has 2 fully saturated rings. The van der Waals surface area contributed by atoms with Crippen LogP contribution in [0.15, 0.2) is 0 Å². The standard InChI is InChI=1S/C12H23NO3/c1-11(14)2-6-13(7-3-11)10-12(15)4-8-16-9-5-12/h14-15H,2-10H2,1H3. The summed E-state index contributed by atoms with van der Waals surface area (Å²) in [5, 5.41) is 20.2. The fourth-order valence-corrected chi connectivity index (χ4v) is 2.52. The van der Waals surface area contributed by atoms with Crippen LogP contribution >= 0.6 is 0 Å². The van der Waals surface area contributed by atoms with Crippen molar-refractivity contribution in [1.82, 2.24) is 4.90 Å². The van der Waals surface area contributed by atoms with Crippen LogP contribution in [-0.4, -0.2) is 59.2 Å². The van der Waals surface area contributed by atoms with Gasteiger partial charge in [-0.2, -0.15) is 0 Å². The molecule has 2 aliphatic rings. The van der Waals surface area contributed by atoms with Crippen LogP contribution in [0.3, 0.4) is 0 Å².